The van der Waals surface area contributed by atoms with E-state index in [0.29, 0.717) is 17.7 Å². The number of nitrogens with one attached hydrogen (secondary N) is 2. The molecule has 1 saturated carbocycles. The Morgan fingerprint density at radius 2 is 2.14 bits per heavy atom. The number of hydrogen-bond acceptors (Lipinski definition) is 4. The number of carbonyl (C=O) groups excluding carboxylic acids is 1. The van der Waals surface area contributed by atoms with Crippen molar-refractivity contribution >= 4 is 23.2 Å². The van der Waals surface area contributed by atoms with Gasteiger partial charge in [-0.2, -0.15) is 0 Å². The van der Waals surface area contributed by atoms with E-state index >= 15 is 0 Å². The minimum Gasteiger partial charge on any atom is -0.454 e. The largest absolute Gasteiger partial charge is 0.454 e. The van der Waals surface area contributed by atoms with Crippen molar-refractivity contribution in [3.63, 3.8) is 0 Å². The molecule has 6 nitrogen and oxygen atoms in total. The lowest BCUT2D eigenvalue weighted by Gasteiger charge is -2.20. The summed E-state index contributed by atoms with van der Waals surface area (Å²) in [6, 6.07) is 6.15. The Labute approximate surface area is 134 Å². The molecule has 1 aromatic carbocycles. The van der Waals surface area contributed by atoms with E-state index in [1.54, 1.807) is 4.90 Å². The van der Waals surface area contributed by atoms with Gasteiger partial charge in [0.15, 0.2) is 16.6 Å². The zero-order chi connectivity index (χ0) is 15.5. The molecule has 0 saturated heterocycles. The summed E-state index contributed by atoms with van der Waals surface area (Å²) in [5, 5.41) is 6.63. The molecule has 2 aliphatic rings. The summed E-state index contributed by atoms with van der Waals surface area (Å²) in [4.78, 5) is 13.5. The minimum absolute atomic E-state index is 0.0113. The summed E-state index contributed by atoms with van der Waals surface area (Å²) < 4.78 is 10.6. The third-order valence-electron chi connectivity index (χ3n) is 3.55. The smallest absolute Gasteiger partial charge is 0.239 e. The summed E-state index contributed by atoms with van der Waals surface area (Å²) in [5.41, 5.74) is 1.04. The van der Waals surface area contributed by atoms with Crippen LogP contribution >= 0.6 is 12.2 Å². The first-order valence-corrected chi connectivity index (χ1v) is 7.69. The van der Waals surface area contributed by atoms with Gasteiger partial charge in [-0.05, 0) is 42.8 Å². The molecule has 2 N–H and O–H groups in total. The lowest BCUT2D eigenvalue weighted by molar-refractivity contribution is -0.121. The molecule has 1 amide bonds. The molecule has 1 aliphatic carbocycles. The molecule has 0 unspecified atom stereocenters. The van der Waals surface area contributed by atoms with Crippen LogP contribution in [0.3, 0.4) is 0 Å². The van der Waals surface area contributed by atoms with Crippen molar-refractivity contribution in [3.8, 4) is 11.5 Å². The van der Waals surface area contributed by atoms with Crippen molar-refractivity contribution in [1.29, 1.82) is 0 Å². The van der Waals surface area contributed by atoms with E-state index in [-0.39, 0.29) is 19.2 Å². The van der Waals surface area contributed by atoms with Gasteiger partial charge in [0.25, 0.3) is 0 Å². The first-order chi connectivity index (χ1) is 10.6. The third kappa shape index (κ3) is 3.79. The summed E-state index contributed by atoms with van der Waals surface area (Å²) in [7, 11) is 1.81. The van der Waals surface area contributed by atoms with E-state index in [1.165, 1.54) is 0 Å². The number of benzene rings is 1. The van der Waals surface area contributed by atoms with Gasteiger partial charge in [-0.15, -0.1) is 0 Å². The highest BCUT2D eigenvalue weighted by Crippen LogP contribution is 2.32. The molecule has 0 atom stereocenters. The average molecular weight is 321 g/mol. The number of likely N-dealkylation sites (N-methyl/N-ethyl adjacent to an activating group) is 1. The van der Waals surface area contributed by atoms with Crippen LogP contribution in [0.2, 0.25) is 0 Å². The predicted molar refractivity (Wildman–Crippen MR) is 85.8 cm³/mol. The molecule has 0 radical (unpaired) electrons. The van der Waals surface area contributed by atoms with Crippen LogP contribution in [0, 0.1) is 0 Å². The number of fused-ring (bicyclic) bond motifs is 1. The highest BCUT2D eigenvalue weighted by Gasteiger charge is 2.23. The van der Waals surface area contributed by atoms with Crippen LogP contribution in [0.15, 0.2) is 18.2 Å². The highest BCUT2D eigenvalue weighted by molar-refractivity contribution is 7.80. The van der Waals surface area contributed by atoms with Crippen LogP contribution in [0.5, 0.6) is 11.5 Å². The molecule has 0 spiro atoms. The number of thiocarbonyl (C=S) groups is 1. The van der Waals surface area contributed by atoms with Crippen molar-refractivity contribution < 1.29 is 14.3 Å². The van der Waals surface area contributed by atoms with Crippen molar-refractivity contribution in [3.05, 3.63) is 23.8 Å². The van der Waals surface area contributed by atoms with Crippen LogP contribution < -0.4 is 20.1 Å². The van der Waals surface area contributed by atoms with Gasteiger partial charge in [0.2, 0.25) is 12.7 Å². The van der Waals surface area contributed by atoms with Crippen LogP contribution in [-0.2, 0) is 11.3 Å². The van der Waals surface area contributed by atoms with Gasteiger partial charge in [0, 0.05) is 19.6 Å². The molecule has 3 rings (SSSR count). The molecular weight excluding hydrogens is 302 g/mol. The molecule has 0 bridgehead atoms. The van der Waals surface area contributed by atoms with Crippen LogP contribution in [0.25, 0.3) is 0 Å². The summed E-state index contributed by atoms with van der Waals surface area (Å²) in [6.07, 6.45) is 2.17. The SMILES string of the molecule is CN(CC(=O)NC1CC1)C(=S)NCc1ccc2c(c1)OCO2. The summed E-state index contributed by atoms with van der Waals surface area (Å²) >= 11 is 5.30. The van der Waals surface area contributed by atoms with Crippen molar-refractivity contribution in [2.24, 2.45) is 0 Å². The molecule has 22 heavy (non-hydrogen) atoms. The topological polar surface area (TPSA) is 62.8 Å². The van der Waals surface area contributed by atoms with Gasteiger partial charge >= 0.3 is 0 Å². The maximum atomic E-state index is 11.7. The normalized spacial score (nSPS) is 15.3. The fourth-order valence-electron chi connectivity index (χ4n) is 2.15. The van der Waals surface area contributed by atoms with E-state index in [4.69, 9.17) is 21.7 Å². The number of ether oxygens (including phenoxy) is 2. The van der Waals surface area contributed by atoms with Crippen LogP contribution in [0.1, 0.15) is 18.4 Å². The Bertz CT molecular complexity index is 589. The summed E-state index contributed by atoms with van der Waals surface area (Å²) in [6.45, 7) is 1.11. The Morgan fingerprint density at radius 3 is 2.91 bits per heavy atom. The number of carbonyl (C=O) groups is 1. The Kier molecular flexibility index (Phi) is 4.33. The molecule has 1 aliphatic heterocycles. The number of nitrogens with zero attached hydrogens (tertiary/aromatic N) is 1. The molecule has 1 aromatic rings. The van der Waals surface area contributed by atoms with Crippen molar-refractivity contribution in [2.45, 2.75) is 25.4 Å². The Morgan fingerprint density at radius 1 is 1.36 bits per heavy atom. The maximum Gasteiger partial charge on any atom is 0.239 e. The number of rotatable bonds is 5. The van der Waals surface area contributed by atoms with E-state index < -0.39 is 0 Å². The van der Waals surface area contributed by atoms with E-state index in [9.17, 15) is 4.79 Å². The lowest BCUT2D eigenvalue weighted by Crippen LogP contribution is -2.43. The summed E-state index contributed by atoms with van der Waals surface area (Å²) in [5.74, 6) is 1.53. The average Bonchev–Trinajstić information content (AvgIpc) is 3.17. The van der Waals surface area contributed by atoms with Gasteiger partial charge in [-0.3, -0.25) is 4.79 Å². The third-order valence-corrected chi connectivity index (χ3v) is 4.01. The second-order valence-electron chi connectivity index (χ2n) is 5.54. The first-order valence-electron chi connectivity index (χ1n) is 7.28. The lowest BCUT2D eigenvalue weighted by atomic mass is 10.2. The molecular formula is C15H19N3O3S. The maximum absolute atomic E-state index is 11.7. The monoisotopic (exact) mass is 321 g/mol. The second-order valence-corrected chi connectivity index (χ2v) is 5.93. The van der Waals surface area contributed by atoms with Gasteiger partial charge in [0.1, 0.15) is 0 Å². The van der Waals surface area contributed by atoms with Gasteiger partial charge in [-0.1, -0.05) is 6.07 Å². The van der Waals surface area contributed by atoms with E-state index in [2.05, 4.69) is 10.6 Å². The quantitative estimate of drug-likeness (QED) is 0.789. The fourth-order valence-corrected chi connectivity index (χ4v) is 2.29. The van der Waals surface area contributed by atoms with Gasteiger partial charge in [-0.25, -0.2) is 0 Å². The van der Waals surface area contributed by atoms with Crippen molar-refractivity contribution in [2.75, 3.05) is 20.4 Å². The highest BCUT2D eigenvalue weighted by atomic mass is 32.1. The minimum atomic E-state index is 0.0113. The predicted octanol–water partition coefficient (Wildman–Crippen LogP) is 1.00. The van der Waals surface area contributed by atoms with E-state index in [1.807, 2.05) is 25.2 Å². The molecule has 118 valence electrons. The molecule has 7 heteroatoms. The van der Waals surface area contributed by atoms with Gasteiger partial charge in [0.05, 0.1) is 6.54 Å². The number of amides is 1. The zero-order valence-corrected chi connectivity index (χ0v) is 13.2. The van der Waals surface area contributed by atoms with Crippen molar-refractivity contribution in [1.82, 2.24) is 15.5 Å². The van der Waals surface area contributed by atoms with E-state index in [0.717, 1.165) is 29.9 Å². The Balaban J connectivity index is 1.45. The Hall–Kier alpha value is -2.02. The number of hydrogen-bond donors (Lipinski definition) is 2. The molecule has 1 heterocycles. The van der Waals surface area contributed by atoms with Crippen LogP contribution in [0.4, 0.5) is 0 Å². The fraction of sp³-hybridized carbons (Fsp3) is 0.467. The van der Waals surface area contributed by atoms with Gasteiger partial charge < -0.3 is 25.0 Å². The van der Waals surface area contributed by atoms with Crippen LogP contribution in [-0.4, -0.2) is 42.3 Å². The zero-order valence-electron chi connectivity index (χ0n) is 12.4. The molecule has 1 fully saturated rings. The first kappa shape index (κ1) is 14.9. The second kappa shape index (κ2) is 6.39. The standard InChI is InChI=1S/C15H19N3O3S/c1-18(8-14(19)17-11-3-4-11)15(22)16-7-10-2-5-12-13(6-10)21-9-20-12/h2,5-6,11H,3-4,7-9H2,1H3,(H,16,22)(H,17,19). The molecule has 0 aromatic heterocycles.